The molecule has 2 atom stereocenters. The van der Waals surface area contributed by atoms with E-state index >= 15 is 0 Å². The Balaban J connectivity index is 4.12. The maximum absolute atomic E-state index is 8.98. The Kier molecular flexibility index (Phi) is 31.6. The number of aliphatic hydroxyl groups excluding tert-OH is 1. The van der Waals surface area contributed by atoms with E-state index in [9.17, 15) is 0 Å². The summed E-state index contributed by atoms with van der Waals surface area (Å²) >= 11 is 0. The number of aliphatic hydroxyl groups is 1. The second-order valence-electron chi connectivity index (χ2n) is 17.1. The zero-order valence-electron chi connectivity index (χ0n) is 36.3. The lowest BCUT2D eigenvalue weighted by Gasteiger charge is -2.15. The van der Waals surface area contributed by atoms with Crippen LogP contribution in [0.5, 0.6) is 0 Å². The Hall–Kier alpha value is -1.86. The van der Waals surface area contributed by atoms with Gasteiger partial charge in [-0.15, -0.1) is 0 Å². The first-order valence-corrected chi connectivity index (χ1v) is 21.5. The molecule has 1 heteroatoms. The molecule has 0 saturated carbocycles. The van der Waals surface area contributed by atoms with Gasteiger partial charge in [0.15, 0.2) is 0 Å². The van der Waals surface area contributed by atoms with Crippen molar-refractivity contribution in [2.45, 2.75) is 211 Å². The molecule has 0 aromatic heterocycles. The van der Waals surface area contributed by atoms with Gasteiger partial charge in [0.2, 0.25) is 0 Å². The minimum absolute atomic E-state index is 0.152. The smallest absolute Gasteiger partial charge is 0.0614 e. The van der Waals surface area contributed by atoms with E-state index < -0.39 is 0 Å². The first kappa shape index (κ1) is 49.1. The lowest BCUT2D eigenvalue weighted by atomic mass is 9.91. The number of rotatable bonds is 31. The molecular formula is C50H88O. The van der Waals surface area contributed by atoms with Gasteiger partial charge in [-0.1, -0.05) is 154 Å². The van der Waals surface area contributed by atoms with Crippen LogP contribution in [-0.4, -0.2) is 11.7 Å². The Morgan fingerprint density at radius 3 is 0.902 bits per heavy atom. The summed E-state index contributed by atoms with van der Waals surface area (Å²) in [5, 5.41) is 8.98. The zero-order chi connectivity index (χ0) is 38.3. The average molecular weight is 705 g/mol. The first-order chi connectivity index (χ1) is 24.3. The monoisotopic (exact) mass is 705 g/mol. The van der Waals surface area contributed by atoms with Crippen LogP contribution in [0.25, 0.3) is 0 Å². The third-order valence-electron chi connectivity index (χ3n) is 10.8. The molecule has 0 bridgehead atoms. The molecule has 0 saturated heterocycles. The molecule has 2 unspecified atom stereocenters. The van der Waals surface area contributed by atoms with E-state index in [0.717, 1.165) is 56.3 Å². The van der Waals surface area contributed by atoms with Crippen LogP contribution in [-0.2, 0) is 0 Å². The van der Waals surface area contributed by atoms with Crippen molar-refractivity contribution < 1.29 is 5.11 Å². The van der Waals surface area contributed by atoms with Crippen molar-refractivity contribution in [2.75, 3.05) is 6.61 Å². The predicted octanol–water partition coefficient (Wildman–Crippen LogP) is 16.7. The standard InChI is InChI=1S/C50H88O/c1-41(2)21-12-22-42(3)23-13-24-43(4)25-14-26-44(5)27-15-28-45(6)29-16-30-46(7)31-17-32-47(8)33-18-34-48(9)35-19-36-49(10)37-20-38-50(11)39-40-51/h27,29,31,33,35,37,39,41-43,51H,12-26,28,30,32,34,36,38,40H2,1-11H3/b44-27+,45-29-,46-31-,47-33-,48-35-,49-37-,50-39-. The largest absolute Gasteiger partial charge is 0.392 e. The van der Waals surface area contributed by atoms with Gasteiger partial charge in [-0.3, -0.25) is 0 Å². The molecule has 0 heterocycles. The van der Waals surface area contributed by atoms with Crippen LogP contribution in [0.2, 0.25) is 0 Å². The molecule has 1 nitrogen and oxygen atoms in total. The minimum Gasteiger partial charge on any atom is -0.392 e. The Morgan fingerprint density at radius 1 is 0.353 bits per heavy atom. The van der Waals surface area contributed by atoms with E-state index in [4.69, 9.17) is 5.11 Å². The molecule has 0 spiro atoms. The Labute approximate surface area is 321 Å². The molecule has 0 aliphatic carbocycles. The third-order valence-corrected chi connectivity index (χ3v) is 10.8. The molecular weight excluding hydrogens is 617 g/mol. The summed E-state index contributed by atoms with van der Waals surface area (Å²) in [7, 11) is 0. The molecule has 0 aliphatic rings. The highest BCUT2D eigenvalue weighted by molar-refractivity contribution is 5.09. The van der Waals surface area contributed by atoms with Crippen molar-refractivity contribution in [1.29, 1.82) is 0 Å². The van der Waals surface area contributed by atoms with Crippen molar-refractivity contribution in [1.82, 2.24) is 0 Å². The fraction of sp³-hybridized carbons (Fsp3) is 0.720. The number of hydrogen-bond donors (Lipinski definition) is 1. The van der Waals surface area contributed by atoms with Crippen LogP contribution >= 0.6 is 0 Å². The maximum Gasteiger partial charge on any atom is 0.0614 e. The highest BCUT2D eigenvalue weighted by Crippen LogP contribution is 2.23. The van der Waals surface area contributed by atoms with Gasteiger partial charge in [-0.05, 0) is 156 Å². The van der Waals surface area contributed by atoms with Gasteiger partial charge in [-0.25, -0.2) is 0 Å². The SMILES string of the molecule is C/C(=C/CO)CC/C=C(/C)CC/C=C(/C)CC/C=C(/C)CC/C=C(/C)CC/C=C(/C)CC/C=C(\C)CCCC(C)CCCC(C)CCCC(C)C. The normalized spacial score (nSPS) is 15.7. The quantitative estimate of drug-likeness (QED) is 0.0712. The first-order valence-electron chi connectivity index (χ1n) is 21.5. The summed E-state index contributed by atoms with van der Waals surface area (Å²) in [6.07, 6.45) is 42.9. The van der Waals surface area contributed by atoms with Crippen molar-refractivity contribution in [2.24, 2.45) is 17.8 Å². The van der Waals surface area contributed by atoms with E-state index in [0.29, 0.717) is 0 Å². The summed E-state index contributed by atoms with van der Waals surface area (Å²) in [4.78, 5) is 0. The van der Waals surface area contributed by atoms with E-state index in [1.165, 1.54) is 124 Å². The van der Waals surface area contributed by atoms with Gasteiger partial charge >= 0.3 is 0 Å². The summed E-state index contributed by atoms with van der Waals surface area (Å²) in [5.74, 6) is 2.64. The zero-order valence-corrected chi connectivity index (χ0v) is 36.3. The van der Waals surface area contributed by atoms with Crippen molar-refractivity contribution in [3.05, 3.63) is 81.5 Å². The van der Waals surface area contributed by atoms with Crippen LogP contribution in [0, 0.1) is 17.8 Å². The van der Waals surface area contributed by atoms with E-state index in [2.05, 4.69) is 113 Å². The van der Waals surface area contributed by atoms with Gasteiger partial charge < -0.3 is 5.11 Å². The van der Waals surface area contributed by atoms with Crippen molar-refractivity contribution in [3.63, 3.8) is 0 Å². The second-order valence-corrected chi connectivity index (χ2v) is 17.1. The fourth-order valence-electron chi connectivity index (χ4n) is 6.86. The second kappa shape index (κ2) is 32.8. The van der Waals surface area contributed by atoms with Crippen LogP contribution in [0.3, 0.4) is 0 Å². The number of allylic oxidation sites excluding steroid dienone is 13. The minimum atomic E-state index is 0.152. The van der Waals surface area contributed by atoms with Crippen LogP contribution in [0.4, 0.5) is 0 Å². The maximum atomic E-state index is 8.98. The average Bonchev–Trinajstić information content (AvgIpc) is 3.04. The molecule has 0 fully saturated rings. The topological polar surface area (TPSA) is 20.2 Å². The molecule has 0 amide bonds. The van der Waals surface area contributed by atoms with E-state index in [1.54, 1.807) is 11.1 Å². The fourth-order valence-corrected chi connectivity index (χ4v) is 6.86. The van der Waals surface area contributed by atoms with Gasteiger partial charge in [0.1, 0.15) is 0 Å². The van der Waals surface area contributed by atoms with Gasteiger partial charge in [-0.2, -0.15) is 0 Å². The molecule has 294 valence electrons. The third kappa shape index (κ3) is 33.7. The Morgan fingerprint density at radius 2 is 0.608 bits per heavy atom. The summed E-state index contributed by atoms with van der Waals surface area (Å²) in [5.41, 5.74) is 10.5. The van der Waals surface area contributed by atoms with Crippen LogP contribution < -0.4 is 0 Å². The van der Waals surface area contributed by atoms with Gasteiger partial charge in [0.25, 0.3) is 0 Å². The van der Waals surface area contributed by atoms with Crippen molar-refractivity contribution >= 4 is 0 Å². The molecule has 1 N–H and O–H groups in total. The predicted molar refractivity (Wildman–Crippen MR) is 234 cm³/mol. The highest BCUT2D eigenvalue weighted by atomic mass is 16.2. The molecule has 0 aromatic rings. The van der Waals surface area contributed by atoms with E-state index in [1.807, 2.05) is 6.08 Å². The summed E-state index contributed by atoms with van der Waals surface area (Å²) in [6, 6.07) is 0. The molecule has 51 heavy (non-hydrogen) atoms. The van der Waals surface area contributed by atoms with Gasteiger partial charge in [0.05, 0.1) is 6.61 Å². The molecule has 0 radical (unpaired) electrons. The number of hydrogen-bond acceptors (Lipinski definition) is 1. The highest BCUT2D eigenvalue weighted by Gasteiger charge is 2.07. The molecule has 0 aromatic carbocycles. The molecule has 0 rings (SSSR count). The van der Waals surface area contributed by atoms with Gasteiger partial charge in [0, 0.05) is 0 Å². The Bertz CT molecular complexity index is 1080. The lowest BCUT2D eigenvalue weighted by Crippen LogP contribution is -2.00. The van der Waals surface area contributed by atoms with Crippen molar-refractivity contribution in [3.8, 4) is 0 Å². The molecule has 0 aliphatic heterocycles. The summed E-state index contributed by atoms with van der Waals surface area (Å²) in [6.45, 7) is 25.7. The summed E-state index contributed by atoms with van der Waals surface area (Å²) < 4.78 is 0. The van der Waals surface area contributed by atoms with Crippen LogP contribution in [0.15, 0.2) is 81.5 Å². The van der Waals surface area contributed by atoms with E-state index in [-0.39, 0.29) is 6.61 Å². The van der Waals surface area contributed by atoms with Crippen LogP contribution in [0.1, 0.15) is 211 Å². The lowest BCUT2D eigenvalue weighted by molar-refractivity contribution is 0.341.